The molecule has 25 heavy (non-hydrogen) atoms. The first-order valence-corrected chi connectivity index (χ1v) is 8.40. The van der Waals surface area contributed by atoms with E-state index in [4.69, 9.17) is 9.84 Å². The number of carbonyl (C=O) groups is 2. The lowest BCUT2D eigenvalue weighted by molar-refractivity contribution is 0.0697. The van der Waals surface area contributed by atoms with Crippen molar-refractivity contribution in [3.05, 3.63) is 52.8 Å². The van der Waals surface area contributed by atoms with Crippen molar-refractivity contribution in [2.24, 2.45) is 5.92 Å². The third-order valence-electron chi connectivity index (χ3n) is 3.78. The van der Waals surface area contributed by atoms with Crippen LogP contribution in [-0.4, -0.2) is 29.2 Å². The summed E-state index contributed by atoms with van der Waals surface area (Å²) < 4.78 is 31.7. The van der Waals surface area contributed by atoms with Crippen LogP contribution in [0.1, 0.15) is 23.7 Å². The Bertz CT molecular complexity index is 761. The van der Waals surface area contributed by atoms with E-state index >= 15 is 0 Å². The van der Waals surface area contributed by atoms with E-state index in [1.165, 1.54) is 0 Å². The third-order valence-corrected chi connectivity index (χ3v) is 4.63. The van der Waals surface area contributed by atoms with Gasteiger partial charge in [-0.1, -0.05) is 30.3 Å². The van der Waals surface area contributed by atoms with Gasteiger partial charge >= 0.3 is 5.97 Å². The molecule has 0 fully saturated rings. The third kappa shape index (κ3) is 4.82. The molecule has 1 aliphatic rings. The topological polar surface area (TPSA) is 75.6 Å². The van der Waals surface area contributed by atoms with Gasteiger partial charge in [0.05, 0.1) is 24.1 Å². The number of thioether (sulfide) groups is 1. The van der Waals surface area contributed by atoms with Crippen LogP contribution in [0.25, 0.3) is 0 Å². The van der Waals surface area contributed by atoms with Crippen LogP contribution in [0.2, 0.25) is 0 Å². The van der Waals surface area contributed by atoms with E-state index in [0.717, 1.165) is 29.5 Å². The molecule has 0 spiro atoms. The lowest BCUT2D eigenvalue weighted by atomic mass is 9.93. The predicted molar refractivity (Wildman–Crippen MR) is 91.8 cm³/mol. The smallest absolute Gasteiger partial charge is 0.337 e. The minimum atomic E-state index is -1.46. The van der Waals surface area contributed by atoms with Gasteiger partial charge in [0.25, 0.3) is 5.24 Å². The zero-order chi connectivity index (χ0) is 18.6. The monoisotopic (exact) mass is 369 g/mol. The molecular weight excluding hydrogens is 352 g/mol. The van der Waals surface area contributed by atoms with Gasteiger partial charge in [0.1, 0.15) is 0 Å². The van der Waals surface area contributed by atoms with E-state index < -0.39 is 28.4 Å². The maximum Gasteiger partial charge on any atom is 0.337 e. The van der Waals surface area contributed by atoms with Crippen LogP contribution >= 0.6 is 11.8 Å². The molecule has 2 N–H and O–H groups in total. The summed E-state index contributed by atoms with van der Waals surface area (Å²) in [6.07, 6.45) is 4.45. The number of anilines is 1. The first-order chi connectivity index (χ1) is 11.8. The first-order valence-electron chi connectivity index (χ1n) is 7.41. The molecule has 0 bridgehead atoms. The Hall–Kier alpha value is -2.35. The summed E-state index contributed by atoms with van der Waals surface area (Å²) in [5, 5.41) is 10.8. The van der Waals surface area contributed by atoms with Crippen LogP contribution in [0, 0.1) is 17.6 Å². The number of nitrogens with one attached hydrogen (secondary N) is 1. The molecule has 0 heterocycles. The fraction of sp³-hybridized carbons (Fsp3) is 0.294. The maximum absolute atomic E-state index is 13.3. The minimum absolute atomic E-state index is 0.207. The molecular formula is C17H17F2NO4S. The number of halogens is 2. The number of methoxy groups -OCH3 is 1. The van der Waals surface area contributed by atoms with E-state index in [2.05, 4.69) is 5.32 Å². The van der Waals surface area contributed by atoms with E-state index in [0.29, 0.717) is 17.9 Å². The van der Waals surface area contributed by atoms with Crippen molar-refractivity contribution in [1.82, 2.24) is 0 Å². The Balaban J connectivity index is 2.04. The van der Waals surface area contributed by atoms with Crippen molar-refractivity contribution in [3.8, 4) is 0 Å². The van der Waals surface area contributed by atoms with Gasteiger partial charge < -0.3 is 15.2 Å². The van der Waals surface area contributed by atoms with Crippen molar-refractivity contribution in [2.45, 2.75) is 13.3 Å². The van der Waals surface area contributed by atoms with Gasteiger partial charge in [0.15, 0.2) is 11.6 Å². The summed E-state index contributed by atoms with van der Waals surface area (Å²) in [6.45, 7) is 2.01. The van der Waals surface area contributed by atoms with Gasteiger partial charge in [0.2, 0.25) is 0 Å². The molecule has 5 nitrogen and oxygen atoms in total. The molecule has 1 aromatic rings. The van der Waals surface area contributed by atoms with Crippen LogP contribution in [0.5, 0.6) is 0 Å². The highest BCUT2D eigenvalue weighted by molar-refractivity contribution is 8.14. The highest BCUT2D eigenvalue weighted by Gasteiger charge is 2.19. The number of carboxylic acids is 1. The SMILES string of the molecule is COC1=CC=C(CSC(=O)Nc2cc(F)c(F)cc2C(=O)O)C(C)C1. The normalized spacial score (nSPS) is 16.7. The number of carbonyl (C=O) groups excluding carboxylic acids is 1. The first kappa shape index (κ1) is 19.0. The van der Waals surface area contributed by atoms with E-state index in [1.54, 1.807) is 7.11 Å². The number of allylic oxidation sites excluding steroid dienone is 3. The standard InChI is InChI=1S/C17H17F2NO4S/c1-9-5-11(24-2)4-3-10(9)8-25-17(23)20-15-7-14(19)13(18)6-12(15)16(21)22/h3-4,6-7,9H,5,8H2,1-2H3,(H,20,23)(H,21,22). The summed E-state index contributed by atoms with van der Waals surface area (Å²) in [6, 6.07) is 1.20. The van der Waals surface area contributed by atoms with Crippen molar-refractivity contribution in [2.75, 3.05) is 18.2 Å². The second kappa shape index (κ2) is 8.15. The highest BCUT2D eigenvalue weighted by Crippen LogP contribution is 2.28. The second-order valence-corrected chi connectivity index (χ2v) is 6.45. The molecule has 0 aromatic heterocycles. The number of hydrogen-bond donors (Lipinski definition) is 2. The Morgan fingerprint density at radius 2 is 2.00 bits per heavy atom. The molecule has 2 rings (SSSR count). The summed E-state index contributed by atoms with van der Waals surface area (Å²) in [5.41, 5.74) is 0.242. The minimum Gasteiger partial charge on any atom is -0.501 e. The average molecular weight is 369 g/mol. The van der Waals surface area contributed by atoms with Crippen LogP contribution < -0.4 is 5.32 Å². The Kier molecular flexibility index (Phi) is 6.19. The zero-order valence-corrected chi connectivity index (χ0v) is 14.5. The fourth-order valence-electron chi connectivity index (χ4n) is 2.33. The predicted octanol–water partition coefficient (Wildman–Crippen LogP) is 4.42. The van der Waals surface area contributed by atoms with Crippen LogP contribution in [0.3, 0.4) is 0 Å². The lowest BCUT2D eigenvalue weighted by Gasteiger charge is -2.20. The fourth-order valence-corrected chi connectivity index (χ4v) is 3.19. The Labute approximate surface area is 147 Å². The lowest BCUT2D eigenvalue weighted by Crippen LogP contribution is -2.14. The summed E-state index contributed by atoms with van der Waals surface area (Å²) in [4.78, 5) is 23.1. The van der Waals surface area contributed by atoms with Gasteiger partial charge in [-0.2, -0.15) is 0 Å². The average Bonchev–Trinajstić information content (AvgIpc) is 2.56. The van der Waals surface area contributed by atoms with E-state index in [-0.39, 0.29) is 11.6 Å². The van der Waals surface area contributed by atoms with E-state index in [1.807, 2.05) is 19.1 Å². The maximum atomic E-state index is 13.3. The molecule has 1 aromatic carbocycles. The zero-order valence-electron chi connectivity index (χ0n) is 13.6. The number of aromatic carboxylic acids is 1. The molecule has 0 saturated carbocycles. The van der Waals surface area contributed by atoms with Crippen LogP contribution in [0.4, 0.5) is 19.3 Å². The van der Waals surface area contributed by atoms with Crippen molar-refractivity contribution >= 4 is 28.7 Å². The number of ether oxygens (including phenoxy) is 1. The molecule has 134 valence electrons. The molecule has 1 atom stereocenters. The molecule has 1 amide bonds. The number of amides is 1. The van der Waals surface area contributed by atoms with E-state index in [9.17, 15) is 18.4 Å². The molecule has 0 radical (unpaired) electrons. The quantitative estimate of drug-likeness (QED) is 0.803. The van der Waals surface area contributed by atoms with Crippen molar-refractivity contribution in [1.29, 1.82) is 0 Å². The molecule has 1 aliphatic carbocycles. The summed E-state index contributed by atoms with van der Waals surface area (Å²) in [7, 11) is 1.60. The summed E-state index contributed by atoms with van der Waals surface area (Å²) in [5.74, 6) is -2.51. The van der Waals surface area contributed by atoms with Gasteiger partial charge in [-0.25, -0.2) is 13.6 Å². The van der Waals surface area contributed by atoms with Gasteiger partial charge in [-0.3, -0.25) is 4.79 Å². The molecule has 0 aliphatic heterocycles. The number of rotatable bonds is 5. The van der Waals surface area contributed by atoms with Gasteiger partial charge in [0, 0.05) is 18.2 Å². The number of carboxylic acid groups (broad SMARTS) is 1. The summed E-state index contributed by atoms with van der Waals surface area (Å²) >= 11 is 0.923. The van der Waals surface area contributed by atoms with Crippen LogP contribution in [-0.2, 0) is 4.74 Å². The van der Waals surface area contributed by atoms with Crippen molar-refractivity contribution in [3.63, 3.8) is 0 Å². The van der Waals surface area contributed by atoms with Crippen LogP contribution in [0.15, 0.2) is 35.6 Å². The highest BCUT2D eigenvalue weighted by atomic mass is 32.2. The molecule has 0 saturated heterocycles. The number of hydrogen-bond acceptors (Lipinski definition) is 4. The van der Waals surface area contributed by atoms with Gasteiger partial charge in [-0.05, 0) is 18.1 Å². The second-order valence-electron chi connectivity index (χ2n) is 5.50. The van der Waals surface area contributed by atoms with Gasteiger partial charge in [-0.15, -0.1) is 0 Å². The Morgan fingerprint density at radius 1 is 1.32 bits per heavy atom. The Morgan fingerprint density at radius 3 is 2.60 bits per heavy atom. The number of benzene rings is 1. The molecule has 1 unspecified atom stereocenters. The molecule has 8 heteroatoms. The van der Waals surface area contributed by atoms with Crippen molar-refractivity contribution < 1.29 is 28.2 Å². The largest absolute Gasteiger partial charge is 0.501 e.